The first-order chi connectivity index (χ1) is 9.80. The molecule has 1 aliphatic heterocycles. The van der Waals surface area contributed by atoms with Crippen molar-refractivity contribution in [2.45, 2.75) is 38.6 Å². The van der Waals surface area contributed by atoms with Crippen molar-refractivity contribution >= 4 is 5.69 Å². The summed E-state index contributed by atoms with van der Waals surface area (Å²) in [6.45, 7) is 8.60. The fourth-order valence-electron chi connectivity index (χ4n) is 3.24. The third-order valence-corrected chi connectivity index (χ3v) is 4.44. The van der Waals surface area contributed by atoms with Crippen LogP contribution in [0.15, 0.2) is 24.3 Å². The Morgan fingerprint density at radius 2 is 2.05 bits per heavy atom. The van der Waals surface area contributed by atoms with Gasteiger partial charge in [0.05, 0.1) is 6.61 Å². The normalized spacial score (nSPS) is 17.6. The van der Waals surface area contributed by atoms with E-state index in [4.69, 9.17) is 4.74 Å². The molecule has 1 aliphatic rings. The largest absolute Gasteiger partial charge is 0.384 e. The standard InChI is InChI=1S/C17H28N2O/c1-4-15(5-2)19(10-11-20-3)13-14-12-18-17-9-7-6-8-16(14)17/h6-9,14-15,18H,4-5,10-13H2,1-3H3. The minimum absolute atomic E-state index is 0.601. The number of nitrogens with zero attached hydrogens (tertiary/aromatic N) is 1. The Morgan fingerprint density at radius 3 is 2.75 bits per heavy atom. The summed E-state index contributed by atoms with van der Waals surface area (Å²) in [5.41, 5.74) is 2.79. The number of rotatable bonds is 8. The fraction of sp³-hybridized carbons (Fsp3) is 0.647. The summed E-state index contributed by atoms with van der Waals surface area (Å²) < 4.78 is 5.29. The number of hydrogen-bond acceptors (Lipinski definition) is 3. The van der Waals surface area contributed by atoms with Gasteiger partial charge in [-0.1, -0.05) is 32.0 Å². The van der Waals surface area contributed by atoms with Crippen LogP contribution in [0, 0.1) is 0 Å². The number of hydrogen-bond donors (Lipinski definition) is 1. The van der Waals surface area contributed by atoms with Crippen LogP contribution in [-0.4, -0.2) is 44.3 Å². The van der Waals surface area contributed by atoms with Crippen LogP contribution in [0.4, 0.5) is 5.69 Å². The highest BCUT2D eigenvalue weighted by Gasteiger charge is 2.26. The van der Waals surface area contributed by atoms with Gasteiger partial charge in [0.25, 0.3) is 0 Å². The van der Waals surface area contributed by atoms with Gasteiger partial charge in [0.1, 0.15) is 0 Å². The predicted octanol–water partition coefficient (Wildman–Crippen LogP) is 3.33. The maximum atomic E-state index is 5.29. The minimum Gasteiger partial charge on any atom is -0.384 e. The van der Waals surface area contributed by atoms with E-state index in [1.54, 1.807) is 7.11 Å². The first kappa shape index (κ1) is 15.3. The average molecular weight is 276 g/mol. The van der Waals surface area contributed by atoms with Crippen molar-refractivity contribution in [1.29, 1.82) is 0 Å². The van der Waals surface area contributed by atoms with Gasteiger partial charge in [-0.15, -0.1) is 0 Å². The second-order valence-corrected chi connectivity index (χ2v) is 5.62. The second kappa shape index (κ2) is 7.65. The summed E-state index contributed by atoms with van der Waals surface area (Å²) in [6, 6.07) is 9.37. The maximum absolute atomic E-state index is 5.29. The lowest BCUT2D eigenvalue weighted by atomic mass is 9.99. The third kappa shape index (κ3) is 3.53. The molecule has 0 saturated carbocycles. The van der Waals surface area contributed by atoms with Crippen LogP contribution in [0.5, 0.6) is 0 Å². The SMILES string of the molecule is CCC(CC)N(CCOC)CC1CNc2ccccc21. The van der Waals surface area contributed by atoms with Crippen molar-refractivity contribution in [2.24, 2.45) is 0 Å². The zero-order valence-electron chi connectivity index (χ0n) is 13.1. The van der Waals surface area contributed by atoms with E-state index in [-0.39, 0.29) is 0 Å². The Morgan fingerprint density at radius 1 is 1.30 bits per heavy atom. The molecule has 112 valence electrons. The van der Waals surface area contributed by atoms with Crippen LogP contribution < -0.4 is 5.32 Å². The minimum atomic E-state index is 0.601. The van der Waals surface area contributed by atoms with Gasteiger partial charge in [-0.3, -0.25) is 4.90 Å². The Bertz CT molecular complexity index is 404. The van der Waals surface area contributed by atoms with Crippen molar-refractivity contribution in [3.8, 4) is 0 Å². The van der Waals surface area contributed by atoms with Crippen LogP contribution in [-0.2, 0) is 4.74 Å². The molecule has 1 N–H and O–H groups in total. The number of anilines is 1. The van der Waals surface area contributed by atoms with E-state index < -0.39 is 0 Å². The summed E-state index contributed by atoms with van der Waals surface area (Å²) in [5.74, 6) is 0.601. The molecular formula is C17H28N2O. The molecule has 1 aromatic rings. The summed E-state index contributed by atoms with van der Waals surface area (Å²) in [7, 11) is 1.79. The Hall–Kier alpha value is -1.06. The monoisotopic (exact) mass is 276 g/mol. The molecule has 1 atom stereocenters. The Kier molecular flexibility index (Phi) is 5.86. The van der Waals surface area contributed by atoms with Crippen molar-refractivity contribution in [3.63, 3.8) is 0 Å². The lowest BCUT2D eigenvalue weighted by Crippen LogP contribution is -2.40. The molecule has 1 heterocycles. The molecule has 0 radical (unpaired) electrons. The molecule has 3 nitrogen and oxygen atoms in total. The molecule has 0 bridgehead atoms. The molecule has 0 saturated heterocycles. The van der Waals surface area contributed by atoms with Crippen molar-refractivity contribution < 1.29 is 4.74 Å². The lowest BCUT2D eigenvalue weighted by molar-refractivity contribution is 0.111. The topological polar surface area (TPSA) is 24.5 Å². The number of benzene rings is 1. The van der Waals surface area contributed by atoms with E-state index in [0.29, 0.717) is 12.0 Å². The average Bonchev–Trinajstić information content (AvgIpc) is 2.89. The molecule has 0 spiro atoms. The molecule has 20 heavy (non-hydrogen) atoms. The van der Waals surface area contributed by atoms with E-state index in [1.165, 1.54) is 24.1 Å². The number of para-hydroxylation sites is 1. The maximum Gasteiger partial charge on any atom is 0.0589 e. The Balaban J connectivity index is 2.04. The van der Waals surface area contributed by atoms with Crippen molar-refractivity contribution in [2.75, 3.05) is 38.7 Å². The third-order valence-electron chi connectivity index (χ3n) is 4.44. The molecular weight excluding hydrogens is 248 g/mol. The number of fused-ring (bicyclic) bond motifs is 1. The first-order valence-electron chi connectivity index (χ1n) is 7.85. The fourth-order valence-corrected chi connectivity index (χ4v) is 3.24. The van der Waals surface area contributed by atoms with E-state index in [2.05, 4.69) is 48.3 Å². The van der Waals surface area contributed by atoms with Crippen LogP contribution in [0.25, 0.3) is 0 Å². The highest BCUT2D eigenvalue weighted by atomic mass is 16.5. The molecule has 0 aliphatic carbocycles. The highest BCUT2D eigenvalue weighted by molar-refractivity contribution is 5.57. The smallest absolute Gasteiger partial charge is 0.0589 e. The summed E-state index contributed by atoms with van der Waals surface area (Å²) in [5, 5.41) is 3.53. The number of ether oxygens (including phenoxy) is 1. The summed E-state index contributed by atoms with van der Waals surface area (Å²) in [4.78, 5) is 2.61. The van der Waals surface area contributed by atoms with Gasteiger partial charge in [0.15, 0.2) is 0 Å². The summed E-state index contributed by atoms with van der Waals surface area (Å²) >= 11 is 0. The van der Waals surface area contributed by atoms with Gasteiger partial charge in [-0.2, -0.15) is 0 Å². The summed E-state index contributed by atoms with van der Waals surface area (Å²) in [6.07, 6.45) is 2.42. The van der Waals surface area contributed by atoms with Crippen LogP contribution in [0.3, 0.4) is 0 Å². The van der Waals surface area contributed by atoms with Gasteiger partial charge < -0.3 is 10.1 Å². The predicted molar refractivity (Wildman–Crippen MR) is 85.5 cm³/mol. The lowest BCUT2D eigenvalue weighted by Gasteiger charge is -2.32. The van der Waals surface area contributed by atoms with Gasteiger partial charge in [0.2, 0.25) is 0 Å². The quantitative estimate of drug-likeness (QED) is 0.788. The molecule has 2 rings (SSSR count). The van der Waals surface area contributed by atoms with Gasteiger partial charge in [-0.25, -0.2) is 0 Å². The van der Waals surface area contributed by atoms with Crippen LogP contribution in [0.2, 0.25) is 0 Å². The second-order valence-electron chi connectivity index (χ2n) is 5.62. The molecule has 0 aromatic heterocycles. The van der Waals surface area contributed by atoms with Crippen LogP contribution >= 0.6 is 0 Å². The number of methoxy groups -OCH3 is 1. The van der Waals surface area contributed by atoms with E-state index in [0.717, 1.165) is 26.2 Å². The van der Waals surface area contributed by atoms with Crippen LogP contribution in [0.1, 0.15) is 38.2 Å². The van der Waals surface area contributed by atoms with Gasteiger partial charge in [0, 0.05) is 44.4 Å². The molecule has 0 amide bonds. The van der Waals surface area contributed by atoms with Gasteiger partial charge in [-0.05, 0) is 24.5 Å². The highest BCUT2D eigenvalue weighted by Crippen LogP contribution is 2.32. The first-order valence-corrected chi connectivity index (χ1v) is 7.85. The zero-order valence-corrected chi connectivity index (χ0v) is 13.1. The van der Waals surface area contributed by atoms with Crippen molar-refractivity contribution in [1.82, 2.24) is 4.90 Å². The molecule has 1 unspecified atom stereocenters. The molecule has 3 heteroatoms. The van der Waals surface area contributed by atoms with E-state index >= 15 is 0 Å². The number of nitrogens with one attached hydrogen (secondary N) is 1. The van der Waals surface area contributed by atoms with Gasteiger partial charge >= 0.3 is 0 Å². The molecule has 1 aromatic carbocycles. The van der Waals surface area contributed by atoms with E-state index in [9.17, 15) is 0 Å². The molecule has 0 fully saturated rings. The van der Waals surface area contributed by atoms with Crippen molar-refractivity contribution in [3.05, 3.63) is 29.8 Å². The Labute approximate surface area is 123 Å². The van der Waals surface area contributed by atoms with E-state index in [1.807, 2.05) is 0 Å². The zero-order chi connectivity index (χ0) is 14.4.